The number of hydrogen-bond acceptors (Lipinski definition) is 4. The molecule has 1 atom stereocenters. The third-order valence-electron chi connectivity index (χ3n) is 4.49. The summed E-state index contributed by atoms with van der Waals surface area (Å²) in [6.45, 7) is 6.72. The Balaban J connectivity index is 1.97. The van der Waals surface area contributed by atoms with Crippen LogP contribution in [0, 0.1) is 0 Å². The molecule has 2 aromatic carbocycles. The largest absolute Gasteiger partial charge is 0.491 e. The van der Waals surface area contributed by atoms with Crippen LogP contribution in [0.2, 0.25) is 0 Å². The molecule has 0 radical (unpaired) electrons. The first-order valence-electron chi connectivity index (χ1n) is 10.2. The van der Waals surface area contributed by atoms with Crippen LogP contribution < -0.4 is 20.7 Å². The summed E-state index contributed by atoms with van der Waals surface area (Å²) in [6, 6.07) is 13.9. The topological polar surface area (TPSA) is 79.5 Å². The highest BCUT2D eigenvalue weighted by molar-refractivity contribution is 7.80. The van der Waals surface area contributed by atoms with Crippen LogP contribution in [0.1, 0.15) is 60.7 Å². The molecule has 0 spiro atoms. The van der Waals surface area contributed by atoms with E-state index in [1.165, 1.54) is 0 Å². The zero-order chi connectivity index (χ0) is 21.9. The Morgan fingerprint density at radius 2 is 1.73 bits per heavy atom. The van der Waals surface area contributed by atoms with Gasteiger partial charge in [-0.3, -0.25) is 14.9 Å². The van der Waals surface area contributed by atoms with E-state index in [4.69, 9.17) is 17.0 Å². The molecule has 30 heavy (non-hydrogen) atoms. The second-order valence-corrected chi connectivity index (χ2v) is 7.33. The van der Waals surface area contributed by atoms with Crippen molar-refractivity contribution in [1.82, 2.24) is 10.6 Å². The maximum Gasteiger partial charge on any atom is 0.257 e. The highest BCUT2D eigenvalue weighted by Gasteiger charge is 2.13. The van der Waals surface area contributed by atoms with Gasteiger partial charge in [0.1, 0.15) is 5.75 Å². The zero-order valence-electron chi connectivity index (χ0n) is 17.7. The van der Waals surface area contributed by atoms with Gasteiger partial charge in [-0.15, -0.1) is 0 Å². The average Bonchev–Trinajstić information content (AvgIpc) is 2.74. The standard InChI is InChI=1S/C23H29N3O3S/c1-4-6-15-24-22(28)19-9-7-8-10-20(19)25-23(30)26-21(27)17-11-13-18(14-12-17)29-16(3)5-2/h7-14,16H,4-6,15H2,1-3H3,(H,24,28)(H2,25,26,27,30). The molecule has 0 aliphatic rings. The summed E-state index contributed by atoms with van der Waals surface area (Å²) < 4.78 is 5.72. The molecule has 2 rings (SSSR count). The summed E-state index contributed by atoms with van der Waals surface area (Å²) in [4.78, 5) is 24.9. The molecule has 0 saturated heterocycles. The van der Waals surface area contributed by atoms with E-state index in [-0.39, 0.29) is 23.0 Å². The molecule has 6 nitrogen and oxygen atoms in total. The molecule has 7 heteroatoms. The average molecular weight is 428 g/mol. The first-order valence-corrected chi connectivity index (χ1v) is 10.6. The third kappa shape index (κ3) is 7.15. The predicted molar refractivity (Wildman–Crippen MR) is 124 cm³/mol. The molecule has 0 saturated carbocycles. The Labute approximate surface area is 183 Å². The molecule has 0 aliphatic heterocycles. The Morgan fingerprint density at radius 1 is 1.03 bits per heavy atom. The van der Waals surface area contributed by atoms with Crippen LogP contribution in [0.3, 0.4) is 0 Å². The van der Waals surface area contributed by atoms with E-state index in [1.54, 1.807) is 48.5 Å². The lowest BCUT2D eigenvalue weighted by Crippen LogP contribution is -2.35. The first-order chi connectivity index (χ1) is 14.4. The molecule has 2 amide bonds. The van der Waals surface area contributed by atoms with Crippen LogP contribution in [0.5, 0.6) is 5.75 Å². The van der Waals surface area contributed by atoms with Gasteiger partial charge in [0.05, 0.1) is 17.4 Å². The number of carbonyl (C=O) groups excluding carboxylic acids is 2. The predicted octanol–water partition coefficient (Wildman–Crippen LogP) is 4.52. The van der Waals surface area contributed by atoms with Gasteiger partial charge >= 0.3 is 0 Å². The molecule has 1 unspecified atom stereocenters. The molecule has 0 aliphatic carbocycles. The van der Waals surface area contributed by atoms with E-state index < -0.39 is 0 Å². The molecule has 2 aromatic rings. The zero-order valence-corrected chi connectivity index (χ0v) is 18.5. The van der Waals surface area contributed by atoms with Crippen molar-refractivity contribution in [1.29, 1.82) is 0 Å². The highest BCUT2D eigenvalue weighted by Crippen LogP contribution is 2.16. The fourth-order valence-electron chi connectivity index (χ4n) is 2.59. The van der Waals surface area contributed by atoms with Crippen LogP contribution in [0.15, 0.2) is 48.5 Å². The van der Waals surface area contributed by atoms with Gasteiger partial charge in [0.15, 0.2) is 5.11 Å². The van der Waals surface area contributed by atoms with Gasteiger partial charge in [0.25, 0.3) is 11.8 Å². The van der Waals surface area contributed by atoms with Crippen molar-refractivity contribution >= 4 is 34.8 Å². The Morgan fingerprint density at radius 3 is 2.40 bits per heavy atom. The summed E-state index contributed by atoms with van der Waals surface area (Å²) in [5.41, 5.74) is 1.46. The molecule has 160 valence electrons. The lowest BCUT2D eigenvalue weighted by Gasteiger charge is -2.14. The van der Waals surface area contributed by atoms with Gasteiger partial charge in [-0.2, -0.15) is 0 Å². The molecular weight excluding hydrogens is 398 g/mol. The Kier molecular flexibility index (Phi) is 9.28. The summed E-state index contributed by atoms with van der Waals surface area (Å²) in [5.74, 6) is 0.189. The second-order valence-electron chi connectivity index (χ2n) is 6.92. The van der Waals surface area contributed by atoms with Gasteiger partial charge in [-0.1, -0.05) is 32.4 Å². The summed E-state index contributed by atoms with van der Waals surface area (Å²) in [5, 5.41) is 8.59. The number of amides is 2. The number of thiocarbonyl (C=S) groups is 1. The Bertz CT molecular complexity index is 868. The van der Waals surface area contributed by atoms with Crippen molar-refractivity contribution in [2.75, 3.05) is 11.9 Å². The first kappa shape index (κ1) is 23.3. The van der Waals surface area contributed by atoms with E-state index in [1.807, 2.05) is 13.8 Å². The maximum atomic E-state index is 12.5. The number of para-hydroxylation sites is 1. The molecule has 0 aromatic heterocycles. The van der Waals surface area contributed by atoms with E-state index in [0.29, 0.717) is 29.1 Å². The van der Waals surface area contributed by atoms with Crippen molar-refractivity contribution in [3.05, 3.63) is 59.7 Å². The van der Waals surface area contributed by atoms with Crippen LogP contribution >= 0.6 is 12.2 Å². The molecule has 0 fully saturated rings. The lowest BCUT2D eigenvalue weighted by atomic mass is 10.1. The number of hydrogen-bond donors (Lipinski definition) is 3. The van der Waals surface area contributed by atoms with Crippen LogP contribution in [0.4, 0.5) is 5.69 Å². The maximum absolute atomic E-state index is 12.5. The van der Waals surface area contributed by atoms with Gasteiger partial charge in [-0.05, 0) is 68.4 Å². The van der Waals surface area contributed by atoms with Crippen LogP contribution in [0.25, 0.3) is 0 Å². The quantitative estimate of drug-likeness (QED) is 0.405. The van der Waals surface area contributed by atoms with Gasteiger partial charge in [0.2, 0.25) is 0 Å². The van der Waals surface area contributed by atoms with Crippen LogP contribution in [-0.4, -0.2) is 29.6 Å². The third-order valence-corrected chi connectivity index (χ3v) is 4.70. The number of unbranched alkanes of at least 4 members (excludes halogenated alkanes) is 1. The minimum Gasteiger partial charge on any atom is -0.491 e. The van der Waals surface area contributed by atoms with Crippen LogP contribution in [-0.2, 0) is 0 Å². The minimum absolute atomic E-state index is 0.112. The summed E-state index contributed by atoms with van der Waals surface area (Å²) in [7, 11) is 0. The molecule has 0 heterocycles. The van der Waals surface area contributed by atoms with E-state index in [2.05, 4.69) is 22.9 Å². The highest BCUT2D eigenvalue weighted by atomic mass is 32.1. The smallest absolute Gasteiger partial charge is 0.257 e. The number of carbonyl (C=O) groups is 2. The fraction of sp³-hybridized carbons (Fsp3) is 0.348. The minimum atomic E-state index is -0.340. The lowest BCUT2D eigenvalue weighted by molar-refractivity contribution is 0.0952. The van der Waals surface area contributed by atoms with Crippen molar-refractivity contribution in [2.24, 2.45) is 0 Å². The van der Waals surface area contributed by atoms with Gasteiger partial charge in [-0.25, -0.2) is 0 Å². The van der Waals surface area contributed by atoms with E-state index in [9.17, 15) is 9.59 Å². The SMILES string of the molecule is CCCCNC(=O)c1ccccc1NC(=S)NC(=O)c1ccc(OC(C)CC)cc1. The van der Waals surface area contributed by atoms with Crippen molar-refractivity contribution in [3.8, 4) is 5.75 Å². The monoisotopic (exact) mass is 427 g/mol. The summed E-state index contributed by atoms with van der Waals surface area (Å²) >= 11 is 5.26. The summed E-state index contributed by atoms with van der Waals surface area (Å²) in [6.07, 6.45) is 2.93. The fourth-order valence-corrected chi connectivity index (χ4v) is 2.80. The molecule has 0 bridgehead atoms. The van der Waals surface area contributed by atoms with E-state index >= 15 is 0 Å². The number of rotatable bonds is 9. The van der Waals surface area contributed by atoms with Gasteiger partial charge < -0.3 is 15.4 Å². The normalized spacial score (nSPS) is 11.3. The van der Waals surface area contributed by atoms with Crippen molar-refractivity contribution < 1.29 is 14.3 Å². The van der Waals surface area contributed by atoms with Gasteiger partial charge in [0, 0.05) is 12.1 Å². The second kappa shape index (κ2) is 11.9. The molecular formula is C23H29N3O3S. The number of nitrogens with one attached hydrogen (secondary N) is 3. The number of benzene rings is 2. The van der Waals surface area contributed by atoms with E-state index in [0.717, 1.165) is 19.3 Å². The van der Waals surface area contributed by atoms with Crippen molar-refractivity contribution in [3.63, 3.8) is 0 Å². The van der Waals surface area contributed by atoms with Crippen molar-refractivity contribution in [2.45, 2.75) is 46.1 Å². The molecule has 3 N–H and O–H groups in total. The Hall–Kier alpha value is -2.93. The number of anilines is 1. The number of ether oxygens (including phenoxy) is 1.